The fraction of sp³-hybridized carbons (Fsp3) is 0. The summed E-state index contributed by atoms with van der Waals surface area (Å²) >= 11 is 0. The maximum Gasteiger partial charge on any atom is 0.113 e. The van der Waals surface area contributed by atoms with E-state index in [0.29, 0.717) is 0 Å². The Morgan fingerprint density at radius 3 is 0.622 bits per heavy atom. The molecule has 8 heteroatoms. The lowest BCUT2D eigenvalue weighted by molar-refractivity contribution is 0.766. The van der Waals surface area contributed by atoms with Crippen molar-refractivity contribution in [1.82, 2.24) is 30.0 Å². The standard InChI is InChI=1S/C66H46N8/c1-3-11-55(12-4-1)71(59-39-27-51(28-40-59)53-31-43-61(44-32-53)73-67-63-15-7-8-16-64(63)68-73)57-35-23-49(24-36-57)47-19-21-48(22-20-47)50-25-37-58(38-26-50)72(56-13-5-2-6-14-56)60-41-29-52(30-42-60)54-33-45-62(46-34-54)74-69-65-17-9-10-18-66(65)70-74/h1-46H. The Balaban J connectivity index is 0.704. The molecule has 0 saturated heterocycles. The van der Waals surface area contributed by atoms with E-state index in [1.807, 2.05) is 48.5 Å². The molecule has 0 bridgehead atoms. The van der Waals surface area contributed by atoms with E-state index in [4.69, 9.17) is 0 Å². The van der Waals surface area contributed by atoms with Crippen LogP contribution in [-0.4, -0.2) is 30.0 Å². The van der Waals surface area contributed by atoms with Gasteiger partial charge in [0.15, 0.2) is 0 Å². The molecule has 0 aliphatic carbocycles. The van der Waals surface area contributed by atoms with E-state index in [9.17, 15) is 0 Å². The summed E-state index contributed by atoms with van der Waals surface area (Å²) in [5.74, 6) is 0. The van der Waals surface area contributed by atoms with Gasteiger partial charge in [-0.25, -0.2) is 0 Å². The maximum atomic E-state index is 4.65. The molecule has 0 unspecified atom stereocenters. The van der Waals surface area contributed by atoms with Crippen LogP contribution in [-0.2, 0) is 0 Å². The van der Waals surface area contributed by atoms with Crippen molar-refractivity contribution >= 4 is 56.2 Å². The number of fused-ring (bicyclic) bond motifs is 2. The summed E-state index contributed by atoms with van der Waals surface area (Å²) in [6.45, 7) is 0. The second kappa shape index (κ2) is 19.2. The second-order valence-corrected chi connectivity index (χ2v) is 18.2. The number of anilines is 6. The van der Waals surface area contributed by atoms with Gasteiger partial charge in [-0.2, -0.15) is 9.59 Å². The molecule has 2 heterocycles. The van der Waals surface area contributed by atoms with Gasteiger partial charge in [-0.3, -0.25) is 0 Å². The summed E-state index contributed by atoms with van der Waals surface area (Å²) in [5, 5.41) is 18.6. The molecule has 0 fully saturated rings. The Kier molecular flexibility index (Phi) is 11.4. The first kappa shape index (κ1) is 43.8. The monoisotopic (exact) mass is 950 g/mol. The lowest BCUT2D eigenvalue weighted by Gasteiger charge is -2.26. The lowest BCUT2D eigenvalue weighted by atomic mass is 9.99. The van der Waals surface area contributed by atoms with Crippen LogP contribution in [0.2, 0.25) is 0 Å². The smallest absolute Gasteiger partial charge is 0.113 e. The van der Waals surface area contributed by atoms with E-state index in [-0.39, 0.29) is 0 Å². The first-order chi connectivity index (χ1) is 36.6. The third-order valence-corrected chi connectivity index (χ3v) is 13.5. The molecule has 0 radical (unpaired) electrons. The molecular formula is C66H46N8. The van der Waals surface area contributed by atoms with Crippen LogP contribution in [0.3, 0.4) is 0 Å². The zero-order chi connectivity index (χ0) is 49.2. The third kappa shape index (κ3) is 8.73. The summed E-state index contributed by atoms with van der Waals surface area (Å²) in [4.78, 5) is 7.99. The van der Waals surface area contributed by atoms with E-state index < -0.39 is 0 Å². The van der Waals surface area contributed by atoms with E-state index in [2.05, 4.69) is 261 Å². The van der Waals surface area contributed by atoms with E-state index in [0.717, 1.165) is 112 Å². The lowest BCUT2D eigenvalue weighted by Crippen LogP contribution is -2.09. The van der Waals surface area contributed by atoms with Crippen LogP contribution in [0, 0.1) is 0 Å². The van der Waals surface area contributed by atoms with Gasteiger partial charge in [-0.15, -0.1) is 20.4 Å². The Labute approximate surface area is 428 Å². The molecule has 11 aromatic carbocycles. The zero-order valence-corrected chi connectivity index (χ0v) is 40.1. The SMILES string of the molecule is c1ccc(N(c2ccc(-c3ccc(-c4ccc(N(c5ccccc5)c5ccc(-c6ccc(-n7nc8ccccc8n7)cc6)cc5)cc4)cc3)cc2)c2ccc(-c3ccc(-n4nc5ccccc5n4)cc3)cc2)cc1. The van der Waals surface area contributed by atoms with Crippen molar-refractivity contribution in [3.63, 3.8) is 0 Å². The van der Waals surface area contributed by atoms with Gasteiger partial charge in [-0.05, 0) is 166 Å². The topological polar surface area (TPSA) is 67.9 Å². The number of benzene rings is 11. The van der Waals surface area contributed by atoms with Crippen molar-refractivity contribution < 1.29 is 0 Å². The van der Waals surface area contributed by atoms with Crippen LogP contribution in [0.4, 0.5) is 34.1 Å². The highest BCUT2D eigenvalue weighted by atomic mass is 15.5. The predicted molar refractivity (Wildman–Crippen MR) is 302 cm³/mol. The fourth-order valence-electron chi connectivity index (χ4n) is 9.64. The fourth-order valence-corrected chi connectivity index (χ4v) is 9.64. The first-order valence-corrected chi connectivity index (χ1v) is 24.7. The van der Waals surface area contributed by atoms with Crippen molar-refractivity contribution in [3.8, 4) is 55.9 Å². The Hall–Kier alpha value is -10.2. The molecule has 13 rings (SSSR count). The number of para-hydroxylation sites is 2. The minimum Gasteiger partial charge on any atom is -0.311 e. The highest BCUT2D eigenvalue weighted by molar-refractivity contribution is 5.83. The van der Waals surface area contributed by atoms with Gasteiger partial charge < -0.3 is 9.80 Å². The molecule has 2 aromatic heterocycles. The minimum absolute atomic E-state index is 0.878. The van der Waals surface area contributed by atoms with Crippen molar-refractivity contribution in [1.29, 1.82) is 0 Å². The highest BCUT2D eigenvalue weighted by Crippen LogP contribution is 2.39. The Bertz CT molecular complexity index is 3670. The van der Waals surface area contributed by atoms with Crippen LogP contribution in [0.15, 0.2) is 279 Å². The van der Waals surface area contributed by atoms with Crippen LogP contribution < -0.4 is 9.80 Å². The third-order valence-electron chi connectivity index (χ3n) is 13.5. The molecule has 0 spiro atoms. The zero-order valence-electron chi connectivity index (χ0n) is 40.1. The van der Waals surface area contributed by atoms with Crippen molar-refractivity contribution in [2.45, 2.75) is 0 Å². The van der Waals surface area contributed by atoms with Gasteiger partial charge in [0.1, 0.15) is 22.1 Å². The summed E-state index contributed by atoms with van der Waals surface area (Å²) in [6, 6.07) is 97.8. The Morgan fingerprint density at radius 1 is 0.189 bits per heavy atom. The molecular weight excluding hydrogens is 905 g/mol. The van der Waals surface area contributed by atoms with Gasteiger partial charge in [0.25, 0.3) is 0 Å². The highest BCUT2D eigenvalue weighted by Gasteiger charge is 2.16. The average molecular weight is 951 g/mol. The Morgan fingerprint density at radius 2 is 0.378 bits per heavy atom. The van der Waals surface area contributed by atoms with Gasteiger partial charge in [0.05, 0.1) is 11.4 Å². The van der Waals surface area contributed by atoms with Crippen LogP contribution in [0.5, 0.6) is 0 Å². The van der Waals surface area contributed by atoms with E-state index in [1.165, 1.54) is 0 Å². The minimum atomic E-state index is 0.878. The normalized spacial score (nSPS) is 11.2. The second-order valence-electron chi connectivity index (χ2n) is 18.2. The summed E-state index contributed by atoms with van der Waals surface area (Å²) in [6.07, 6.45) is 0. The summed E-state index contributed by atoms with van der Waals surface area (Å²) < 4.78 is 0. The van der Waals surface area contributed by atoms with Gasteiger partial charge >= 0.3 is 0 Å². The molecule has 74 heavy (non-hydrogen) atoms. The van der Waals surface area contributed by atoms with Crippen molar-refractivity contribution in [2.75, 3.05) is 9.80 Å². The first-order valence-electron chi connectivity index (χ1n) is 24.7. The molecule has 0 amide bonds. The average Bonchev–Trinajstić information content (AvgIpc) is 4.13. The molecule has 0 aliphatic heterocycles. The van der Waals surface area contributed by atoms with Crippen LogP contribution >= 0.6 is 0 Å². The number of aromatic nitrogens is 6. The van der Waals surface area contributed by atoms with Crippen molar-refractivity contribution in [2.24, 2.45) is 0 Å². The van der Waals surface area contributed by atoms with Gasteiger partial charge in [-0.1, -0.05) is 158 Å². The molecule has 0 atom stereocenters. The summed E-state index contributed by atoms with van der Waals surface area (Å²) in [7, 11) is 0. The van der Waals surface area contributed by atoms with E-state index >= 15 is 0 Å². The number of hydrogen-bond acceptors (Lipinski definition) is 6. The maximum absolute atomic E-state index is 4.65. The number of hydrogen-bond donors (Lipinski definition) is 0. The largest absolute Gasteiger partial charge is 0.311 e. The predicted octanol–water partition coefficient (Wildman–Crippen LogP) is 16.8. The molecule has 8 nitrogen and oxygen atoms in total. The number of rotatable bonds is 12. The molecule has 13 aromatic rings. The molecule has 350 valence electrons. The quantitative estimate of drug-likeness (QED) is 0.122. The number of nitrogens with zero attached hydrogens (tertiary/aromatic N) is 8. The molecule has 0 N–H and O–H groups in total. The van der Waals surface area contributed by atoms with Gasteiger partial charge in [0, 0.05) is 34.1 Å². The van der Waals surface area contributed by atoms with E-state index in [1.54, 1.807) is 9.59 Å². The van der Waals surface area contributed by atoms with Crippen LogP contribution in [0.25, 0.3) is 77.9 Å². The molecule has 0 aliphatic rings. The van der Waals surface area contributed by atoms with Crippen LogP contribution in [0.1, 0.15) is 0 Å². The van der Waals surface area contributed by atoms with Crippen molar-refractivity contribution in [3.05, 3.63) is 279 Å². The summed E-state index contributed by atoms with van der Waals surface area (Å²) in [5.41, 5.74) is 21.0. The molecule has 0 saturated carbocycles. The van der Waals surface area contributed by atoms with Gasteiger partial charge in [0.2, 0.25) is 0 Å².